The molecule has 1 N–H and O–H groups in total. The minimum atomic E-state index is -0.280. The number of hydrogen-bond acceptors (Lipinski definition) is 4. The molecule has 1 aromatic heterocycles. The van der Waals surface area contributed by atoms with Crippen LogP contribution < -0.4 is 5.32 Å². The molecule has 2 heterocycles. The number of hydrogen-bond donors (Lipinski definition) is 1. The number of nitrogens with zero attached hydrogens (tertiary/aromatic N) is 3. The van der Waals surface area contributed by atoms with Gasteiger partial charge < -0.3 is 14.5 Å². The Morgan fingerprint density at radius 1 is 1.61 bits per heavy atom. The lowest BCUT2D eigenvalue weighted by molar-refractivity contribution is 0.0834. The second kappa shape index (κ2) is 6.09. The first-order chi connectivity index (χ1) is 8.79. The van der Waals surface area contributed by atoms with Gasteiger partial charge >= 0.3 is 0 Å². The normalized spacial score (nSPS) is 18.3. The van der Waals surface area contributed by atoms with Crippen molar-refractivity contribution in [2.75, 3.05) is 13.2 Å². The third-order valence-electron chi connectivity index (χ3n) is 2.69. The molecule has 18 heavy (non-hydrogen) atoms. The van der Waals surface area contributed by atoms with E-state index in [-0.39, 0.29) is 24.3 Å². The number of amides is 1. The van der Waals surface area contributed by atoms with Gasteiger partial charge in [0.15, 0.2) is 5.76 Å². The first-order valence-corrected chi connectivity index (χ1v) is 5.79. The standard InChI is InChI=1S/C11H14N4O3/c12-15-14-7-9-3-4-10(18-9)11(16)13-6-8-2-1-5-17-8/h3-4,8H,1-2,5-7H2,(H,13,16). The van der Waals surface area contributed by atoms with Crippen LogP contribution in [0.4, 0.5) is 0 Å². The molecule has 0 spiro atoms. The Morgan fingerprint density at radius 3 is 3.22 bits per heavy atom. The summed E-state index contributed by atoms with van der Waals surface area (Å²) in [5.74, 6) is 0.406. The van der Waals surface area contributed by atoms with E-state index >= 15 is 0 Å². The highest BCUT2D eigenvalue weighted by atomic mass is 16.5. The van der Waals surface area contributed by atoms with E-state index in [0.717, 1.165) is 19.4 Å². The molecular weight excluding hydrogens is 236 g/mol. The molecule has 0 aliphatic carbocycles. The highest BCUT2D eigenvalue weighted by Gasteiger charge is 2.17. The number of carbonyl (C=O) groups excluding carboxylic acids is 1. The molecule has 1 amide bonds. The molecule has 0 saturated carbocycles. The van der Waals surface area contributed by atoms with Crippen molar-refractivity contribution in [1.82, 2.24) is 5.32 Å². The zero-order valence-electron chi connectivity index (χ0n) is 9.83. The highest BCUT2D eigenvalue weighted by Crippen LogP contribution is 2.12. The molecule has 1 aliphatic rings. The quantitative estimate of drug-likeness (QED) is 0.491. The van der Waals surface area contributed by atoms with Crippen molar-refractivity contribution in [2.45, 2.75) is 25.5 Å². The van der Waals surface area contributed by atoms with Gasteiger partial charge in [0, 0.05) is 18.1 Å². The van der Waals surface area contributed by atoms with Crippen LogP contribution in [0.15, 0.2) is 21.7 Å². The van der Waals surface area contributed by atoms with Gasteiger partial charge in [-0.15, -0.1) is 0 Å². The van der Waals surface area contributed by atoms with E-state index in [9.17, 15) is 4.79 Å². The molecule has 1 aliphatic heterocycles. The SMILES string of the molecule is [N-]=[N+]=NCc1ccc(C(=O)NCC2CCCO2)o1. The third-order valence-corrected chi connectivity index (χ3v) is 2.69. The molecule has 1 unspecified atom stereocenters. The Kier molecular flexibility index (Phi) is 4.22. The summed E-state index contributed by atoms with van der Waals surface area (Å²) in [5, 5.41) is 6.11. The Balaban J connectivity index is 1.84. The van der Waals surface area contributed by atoms with Crippen LogP contribution in [0.25, 0.3) is 10.4 Å². The summed E-state index contributed by atoms with van der Waals surface area (Å²) < 4.78 is 10.6. The largest absolute Gasteiger partial charge is 0.456 e. The lowest BCUT2D eigenvalue weighted by Gasteiger charge is -2.09. The Hall–Kier alpha value is -1.98. The molecule has 0 aromatic carbocycles. The number of nitrogens with one attached hydrogen (secondary N) is 1. The van der Waals surface area contributed by atoms with Crippen LogP contribution in [0.1, 0.15) is 29.2 Å². The van der Waals surface area contributed by atoms with E-state index in [0.29, 0.717) is 12.3 Å². The fourth-order valence-corrected chi connectivity index (χ4v) is 1.79. The molecular formula is C11H14N4O3. The van der Waals surface area contributed by atoms with Crippen LogP contribution in [-0.2, 0) is 11.3 Å². The molecule has 1 saturated heterocycles. The average molecular weight is 250 g/mol. The number of furan rings is 1. The average Bonchev–Trinajstić information content (AvgIpc) is 3.04. The van der Waals surface area contributed by atoms with Crippen LogP contribution in [0.3, 0.4) is 0 Å². The number of carbonyl (C=O) groups is 1. The molecule has 7 nitrogen and oxygen atoms in total. The second-order valence-corrected chi connectivity index (χ2v) is 4.00. The van der Waals surface area contributed by atoms with E-state index in [4.69, 9.17) is 14.7 Å². The monoisotopic (exact) mass is 250 g/mol. The van der Waals surface area contributed by atoms with Crippen LogP contribution in [0, 0.1) is 0 Å². The first kappa shape index (κ1) is 12.5. The van der Waals surface area contributed by atoms with E-state index in [1.807, 2.05) is 0 Å². The summed E-state index contributed by atoms with van der Waals surface area (Å²) in [4.78, 5) is 14.3. The maximum Gasteiger partial charge on any atom is 0.287 e. The predicted molar refractivity (Wildman–Crippen MR) is 62.9 cm³/mol. The van der Waals surface area contributed by atoms with Crippen LogP contribution >= 0.6 is 0 Å². The highest BCUT2D eigenvalue weighted by molar-refractivity contribution is 5.91. The smallest absolute Gasteiger partial charge is 0.287 e. The topological polar surface area (TPSA) is 100 Å². The second-order valence-electron chi connectivity index (χ2n) is 4.00. The van der Waals surface area contributed by atoms with Gasteiger partial charge in [-0.25, -0.2) is 0 Å². The maximum atomic E-state index is 11.7. The minimum absolute atomic E-state index is 0.103. The van der Waals surface area contributed by atoms with E-state index in [1.165, 1.54) is 0 Å². The van der Waals surface area contributed by atoms with E-state index in [1.54, 1.807) is 12.1 Å². The fraction of sp³-hybridized carbons (Fsp3) is 0.545. The molecule has 96 valence electrons. The van der Waals surface area contributed by atoms with Crippen LogP contribution in [0.5, 0.6) is 0 Å². The first-order valence-electron chi connectivity index (χ1n) is 5.79. The summed E-state index contributed by atoms with van der Waals surface area (Å²) in [6.45, 7) is 1.36. The van der Waals surface area contributed by atoms with Gasteiger partial charge in [-0.05, 0) is 30.5 Å². The Morgan fingerprint density at radius 2 is 2.50 bits per heavy atom. The third kappa shape index (κ3) is 3.26. The number of azide groups is 1. The number of ether oxygens (including phenoxy) is 1. The van der Waals surface area contributed by atoms with Gasteiger partial charge in [0.2, 0.25) is 0 Å². The predicted octanol–water partition coefficient (Wildman–Crippen LogP) is 2.00. The zero-order valence-corrected chi connectivity index (χ0v) is 9.83. The summed E-state index contributed by atoms with van der Waals surface area (Å²) >= 11 is 0. The molecule has 0 bridgehead atoms. The van der Waals surface area contributed by atoms with Gasteiger partial charge in [-0.1, -0.05) is 5.11 Å². The molecule has 2 rings (SSSR count). The van der Waals surface area contributed by atoms with E-state index in [2.05, 4.69) is 15.3 Å². The van der Waals surface area contributed by atoms with Crippen molar-refractivity contribution in [1.29, 1.82) is 0 Å². The lowest BCUT2D eigenvalue weighted by Crippen LogP contribution is -2.31. The molecule has 0 radical (unpaired) electrons. The summed E-state index contributed by atoms with van der Waals surface area (Å²) in [5.41, 5.74) is 8.17. The maximum absolute atomic E-state index is 11.7. The Bertz CT molecular complexity index is 459. The molecule has 1 fully saturated rings. The summed E-state index contributed by atoms with van der Waals surface area (Å²) in [7, 11) is 0. The van der Waals surface area contributed by atoms with Crippen LogP contribution in [-0.4, -0.2) is 25.2 Å². The van der Waals surface area contributed by atoms with Crippen molar-refractivity contribution in [3.05, 3.63) is 34.1 Å². The van der Waals surface area contributed by atoms with E-state index < -0.39 is 0 Å². The van der Waals surface area contributed by atoms with Crippen molar-refractivity contribution < 1.29 is 13.9 Å². The molecule has 1 atom stereocenters. The van der Waals surface area contributed by atoms with Crippen LogP contribution in [0.2, 0.25) is 0 Å². The fourth-order valence-electron chi connectivity index (χ4n) is 1.79. The van der Waals surface area contributed by atoms with Gasteiger partial charge in [-0.2, -0.15) is 0 Å². The summed E-state index contributed by atoms with van der Waals surface area (Å²) in [6, 6.07) is 3.18. The zero-order chi connectivity index (χ0) is 12.8. The minimum Gasteiger partial charge on any atom is -0.456 e. The summed E-state index contributed by atoms with van der Waals surface area (Å²) in [6.07, 6.45) is 2.12. The lowest BCUT2D eigenvalue weighted by atomic mass is 10.2. The van der Waals surface area contributed by atoms with Crippen molar-refractivity contribution in [3.63, 3.8) is 0 Å². The Labute approximate surface area is 104 Å². The van der Waals surface area contributed by atoms with Gasteiger partial charge in [0.05, 0.1) is 12.6 Å². The molecule has 7 heteroatoms. The van der Waals surface area contributed by atoms with Gasteiger partial charge in [-0.3, -0.25) is 4.79 Å². The molecule has 1 aromatic rings. The van der Waals surface area contributed by atoms with Gasteiger partial charge in [0.25, 0.3) is 5.91 Å². The van der Waals surface area contributed by atoms with Crippen molar-refractivity contribution >= 4 is 5.91 Å². The van der Waals surface area contributed by atoms with Crippen molar-refractivity contribution in [3.8, 4) is 0 Å². The number of rotatable bonds is 5. The van der Waals surface area contributed by atoms with Crippen molar-refractivity contribution in [2.24, 2.45) is 5.11 Å². The van der Waals surface area contributed by atoms with Gasteiger partial charge in [0.1, 0.15) is 5.76 Å².